The lowest BCUT2D eigenvalue weighted by Crippen LogP contribution is -2.53. The van der Waals surface area contributed by atoms with Gasteiger partial charge in [0.15, 0.2) is 0 Å². The van der Waals surface area contributed by atoms with Gasteiger partial charge in [-0.05, 0) is 49.3 Å². The van der Waals surface area contributed by atoms with E-state index in [9.17, 15) is 14.4 Å². The van der Waals surface area contributed by atoms with E-state index in [0.717, 1.165) is 53.3 Å². The first kappa shape index (κ1) is 24.0. The van der Waals surface area contributed by atoms with Crippen LogP contribution in [0.1, 0.15) is 60.5 Å². The number of anilines is 1. The molecule has 1 saturated carbocycles. The van der Waals surface area contributed by atoms with Crippen molar-refractivity contribution in [2.45, 2.75) is 64.6 Å². The Morgan fingerprint density at radius 3 is 2.50 bits per heavy atom. The van der Waals surface area contributed by atoms with Gasteiger partial charge in [-0.25, -0.2) is 0 Å². The van der Waals surface area contributed by atoms with Gasteiger partial charge < -0.3 is 10.2 Å². The Morgan fingerprint density at radius 2 is 1.78 bits per heavy atom. The van der Waals surface area contributed by atoms with Gasteiger partial charge in [0.25, 0.3) is 5.91 Å². The summed E-state index contributed by atoms with van der Waals surface area (Å²) in [5, 5.41) is 5.04. The fourth-order valence-electron chi connectivity index (χ4n) is 5.66. The van der Waals surface area contributed by atoms with Crippen LogP contribution in [0.15, 0.2) is 60.7 Å². The molecule has 1 unspecified atom stereocenters. The first-order valence-electron chi connectivity index (χ1n) is 12.9. The molecule has 0 spiro atoms. The number of carbonyl (C=O) groups excluding carboxylic acids is 3. The Morgan fingerprint density at radius 1 is 1.06 bits per heavy atom. The van der Waals surface area contributed by atoms with E-state index in [1.54, 1.807) is 9.80 Å². The molecular weight excluding hydrogens is 450 g/mol. The summed E-state index contributed by atoms with van der Waals surface area (Å²) in [4.78, 5) is 43.8. The highest BCUT2D eigenvalue weighted by Crippen LogP contribution is 2.37. The van der Waals surface area contributed by atoms with Crippen LogP contribution in [0.5, 0.6) is 0 Å². The number of nitrogens with one attached hydrogen (secondary N) is 1. The Bertz CT molecular complexity index is 1310. The van der Waals surface area contributed by atoms with Crippen molar-refractivity contribution in [2.24, 2.45) is 0 Å². The summed E-state index contributed by atoms with van der Waals surface area (Å²) >= 11 is 0. The third-order valence-electron chi connectivity index (χ3n) is 7.47. The van der Waals surface area contributed by atoms with Crippen LogP contribution in [-0.2, 0) is 16.1 Å². The Hall–Kier alpha value is -3.67. The Balaban J connectivity index is 1.43. The van der Waals surface area contributed by atoms with E-state index in [1.165, 1.54) is 0 Å². The lowest BCUT2D eigenvalue weighted by molar-refractivity contribution is -0.140. The molecule has 2 aliphatic rings. The molecule has 1 N–H and O–H groups in total. The van der Waals surface area contributed by atoms with Crippen LogP contribution in [0.4, 0.5) is 5.69 Å². The van der Waals surface area contributed by atoms with Crippen LogP contribution in [0, 0.1) is 6.92 Å². The number of hydrogen-bond donors (Lipinski definition) is 1. The topological polar surface area (TPSA) is 69.7 Å². The van der Waals surface area contributed by atoms with E-state index in [0.29, 0.717) is 18.5 Å². The maximum Gasteiger partial charge on any atom is 0.259 e. The first-order chi connectivity index (χ1) is 17.5. The Labute approximate surface area is 212 Å². The number of amides is 3. The van der Waals surface area contributed by atoms with Crippen molar-refractivity contribution in [1.29, 1.82) is 0 Å². The van der Waals surface area contributed by atoms with Crippen molar-refractivity contribution in [2.75, 3.05) is 11.4 Å². The molecule has 3 aromatic rings. The molecule has 0 aromatic heterocycles. The summed E-state index contributed by atoms with van der Waals surface area (Å²) in [6, 6.07) is 19.0. The molecule has 3 amide bonds. The summed E-state index contributed by atoms with van der Waals surface area (Å²) in [5.41, 5.74) is 3.43. The molecule has 1 fully saturated rings. The Kier molecular flexibility index (Phi) is 6.77. The monoisotopic (exact) mass is 483 g/mol. The van der Waals surface area contributed by atoms with Gasteiger partial charge in [-0.15, -0.1) is 0 Å². The molecule has 36 heavy (non-hydrogen) atoms. The van der Waals surface area contributed by atoms with Crippen LogP contribution in [0.25, 0.3) is 10.8 Å². The highest BCUT2D eigenvalue weighted by molar-refractivity contribution is 6.26. The number of aryl methyl sites for hydroxylation is 1. The SMILES string of the molecule is CCC(C(=O)NC1CCCC1)N(Cc1cccc(C)c1)C(=O)CN1C(=O)c2cccc3cccc1c23. The summed E-state index contributed by atoms with van der Waals surface area (Å²) in [5.74, 6) is -0.513. The average molecular weight is 484 g/mol. The van der Waals surface area contributed by atoms with Gasteiger partial charge in [0, 0.05) is 23.5 Å². The third-order valence-corrected chi connectivity index (χ3v) is 7.47. The number of benzene rings is 3. The predicted octanol–water partition coefficient (Wildman–Crippen LogP) is 4.97. The molecule has 0 bridgehead atoms. The number of nitrogens with zero attached hydrogens (tertiary/aromatic N) is 2. The number of rotatable bonds is 8. The zero-order valence-electron chi connectivity index (χ0n) is 21.0. The molecule has 186 valence electrons. The maximum atomic E-state index is 13.9. The molecule has 1 atom stereocenters. The van der Waals surface area contributed by atoms with Gasteiger partial charge in [-0.1, -0.05) is 73.9 Å². The summed E-state index contributed by atoms with van der Waals surface area (Å²) in [6.07, 6.45) is 4.71. The minimum absolute atomic E-state index is 0.106. The molecule has 6 nitrogen and oxygen atoms in total. The van der Waals surface area contributed by atoms with Gasteiger partial charge in [-0.3, -0.25) is 19.3 Å². The van der Waals surface area contributed by atoms with E-state index in [-0.39, 0.29) is 30.3 Å². The van der Waals surface area contributed by atoms with E-state index < -0.39 is 6.04 Å². The molecule has 0 saturated heterocycles. The van der Waals surface area contributed by atoms with Gasteiger partial charge >= 0.3 is 0 Å². The summed E-state index contributed by atoms with van der Waals surface area (Å²) in [6.45, 7) is 4.16. The van der Waals surface area contributed by atoms with Crippen LogP contribution < -0.4 is 10.2 Å². The van der Waals surface area contributed by atoms with E-state index in [1.807, 2.05) is 74.5 Å². The van der Waals surface area contributed by atoms with Crippen LogP contribution in [0.3, 0.4) is 0 Å². The van der Waals surface area contributed by atoms with Crippen molar-refractivity contribution < 1.29 is 14.4 Å². The van der Waals surface area contributed by atoms with Gasteiger partial charge in [0.05, 0.1) is 5.69 Å². The predicted molar refractivity (Wildman–Crippen MR) is 142 cm³/mol. The van der Waals surface area contributed by atoms with Crippen molar-refractivity contribution >= 4 is 34.2 Å². The van der Waals surface area contributed by atoms with E-state index >= 15 is 0 Å². The third kappa shape index (κ3) is 4.60. The fourth-order valence-corrected chi connectivity index (χ4v) is 5.66. The summed E-state index contributed by atoms with van der Waals surface area (Å²) in [7, 11) is 0. The molecule has 6 heteroatoms. The number of carbonyl (C=O) groups is 3. The van der Waals surface area contributed by atoms with Gasteiger partial charge in [0.2, 0.25) is 11.8 Å². The maximum absolute atomic E-state index is 13.9. The molecule has 5 rings (SSSR count). The lowest BCUT2D eigenvalue weighted by Gasteiger charge is -2.33. The summed E-state index contributed by atoms with van der Waals surface area (Å²) < 4.78 is 0. The second-order valence-electron chi connectivity index (χ2n) is 10.00. The minimum Gasteiger partial charge on any atom is -0.352 e. The smallest absolute Gasteiger partial charge is 0.259 e. The van der Waals surface area contributed by atoms with Crippen molar-refractivity contribution in [1.82, 2.24) is 10.2 Å². The van der Waals surface area contributed by atoms with Crippen molar-refractivity contribution in [3.05, 3.63) is 77.4 Å². The zero-order valence-corrected chi connectivity index (χ0v) is 21.0. The average Bonchev–Trinajstić information content (AvgIpc) is 3.47. The normalized spacial score (nSPS) is 15.9. The first-order valence-corrected chi connectivity index (χ1v) is 12.9. The highest BCUT2D eigenvalue weighted by atomic mass is 16.2. The second-order valence-corrected chi connectivity index (χ2v) is 10.00. The number of hydrogen-bond acceptors (Lipinski definition) is 3. The molecule has 0 radical (unpaired) electrons. The van der Waals surface area contributed by atoms with Crippen LogP contribution >= 0.6 is 0 Å². The molecule has 1 aliphatic heterocycles. The second kappa shape index (κ2) is 10.1. The van der Waals surface area contributed by atoms with Gasteiger partial charge in [0.1, 0.15) is 12.6 Å². The largest absolute Gasteiger partial charge is 0.352 e. The van der Waals surface area contributed by atoms with Crippen molar-refractivity contribution in [3.8, 4) is 0 Å². The minimum atomic E-state index is -0.602. The quantitative estimate of drug-likeness (QED) is 0.492. The zero-order chi connectivity index (χ0) is 25.2. The van der Waals surface area contributed by atoms with E-state index in [4.69, 9.17) is 0 Å². The molecule has 1 aliphatic carbocycles. The van der Waals surface area contributed by atoms with Crippen LogP contribution in [-0.4, -0.2) is 41.2 Å². The van der Waals surface area contributed by atoms with Crippen LogP contribution in [0.2, 0.25) is 0 Å². The van der Waals surface area contributed by atoms with Crippen molar-refractivity contribution in [3.63, 3.8) is 0 Å². The fraction of sp³-hybridized carbons (Fsp3) is 0.367. The highest BCUT2D eigenvalue weighted by Gasteiger charge is 2.35. The molecule has 1 heterocycles. The van der Waals surface area contributed by atoms with E-state index in [2.05, 4.69) is 5.32 Å². The molecule has 3 aromatic carbocycles. The molecular formula is C30H33N3O3. The lowest BCUT2D eigenvalue weighted by atomic mass is 10.1. The standard InChI is InChI=1S/C30H33N3O3/c1-3-25(29(35)31-23-13-4-5-14-23)32(18-21-10-6-9-20(2)17-21)27(34)19-33-26-16-8-12-22-11-7-15-24(28(22)26)30(33)36/h6-12,15-17,23,25H,3-5,13-14,18-19H2,1-2H3,(H,31,35). The van der Waals surface area contributed by atoms with Gasteiger partial charge in [-0.2, -0.15) is 0 Å².